The Bertz CT molecular complexity index is 317. The van der Waals surface area contributed by atoms with Crippen LogP contribution in [0.2, 0.25) is 5.15 Å². The number of carbonyl (C=O) groups is 1. The molecule has 1 aromatic heterocycles. The monoisotopic (exact) mass is 216 g/mol. The third kappa shape index (κ3) is 2.67. The maximum absolute atomic E-state index is 10.7. The topological polar surface area (TPSA) is 42.9 Å². The van der Waals surface area contributed by atoms with Crippen molar-refractivity contribution in [3.63, 3.8) is 0 Å². The summed E-state index contributed by atoms with van der Waals surface area (Å²) in [4.78, 5) is 18.4. The minimum Gasteiger partial charge on any atom is -0.298 e. The molecule has 0 aliphatic heterocycles. The van der Waals surface area contributed by atoms with Gasteiger partial charge in [0.05, 0.1) is 5.56 Å². The number of thioether (sulfide) groups is 1. The fraction of sp³-hybridized carbons (Fsp3) is 0.375. The number of hydrogen-bond acceptors (Lipinski definition) is 4. The summed E-state index contributed by atoms with van der Waals surface area (Å²) in [5.41, 5.74) is 0.378. The van der Waals surface area contributed by atoms with Crippen LogP contribution in [0.25, 0.3) is 0 Å². The lowest BCUT2D eigenvalue weighted by Crippen LogP contribution is -1.97. The predicted molar refractivity (Wildman–Crippen MR) is 53.4 cm³/mol. The maximum Gasteiger partial charge on any atom is 0.155 e. The molecular weight excluding hydrogens is 208 g/mol. The minimum absolute atomic E-state index is 0.216. The second kappa shape index (κ2) is 4.58. The van der Waals surface area contributed by atoms with Crippen molar-refractivity contribution in [1.29, 1.82) is 0 Å². The smallest absolute Gasteiger partial charge is 0.155 e. The number of aromatic nitrogens is 2. The SMILES string of the molecule is CC(C)Sc1ncnc(Cl)c1C=O. The Morgan fingerprint density at radius 1 is 1.54 bits per heavy atom. The van der Waals surface area contributed by atoms with Crippen LogP contribution in [0, 0.1) is 0 Å². The third-order valence-electron chi connectivity index (χ3n) is 1.26. The maximum atomic E-state index is 10.7. The van der Waals surface area contributed by atoms with Crippen LogP contribution in [0.4, 0.5) is 0 Å². The van der Waals surface area contributed by atoms with Crippen molar-refractivity contribution in [2.45, 2.75) is 24.1 Å². The first-order chi connectivity index (χ1) is 6.15. The van der Waals surface area contributed by atoms with Crippen molar-refractivity contribution in [3.8, 4) is 0 Å². The largest absolute Gasteiger partial charge is 0.298 e. The van der Waals surface area contributed by atoms with Gasteiger partial charge in [0.25, 0.3) is 0 Å². The molecule has 0 aliphatic rings. The van der Waals surface area contributed by atoms with Crippen molar-refractivity contribution in [2.75, 3.05) is 0 Å². The molecule has 13 heavy (non-hydrogen) atoms. The van der Waals surface area contributed by atoms with E-state index >= 15 is 0 Å². The Balaban J connectivity index is 3.05. The summed E-state index contributed by atoms with van der Waals surface area (Å²) >= 11 is 7.21. The summed E-state index contributed by atoms with van der Waals surface area (Å²) in [5, 5.41) is 1.22. The summed E-state index contributed by atoms with van der Waals surface area (Å²) < 4.78 is 0. The fourth-order valence-electron chi connectivity index (χ4n) is 0.776. The van der Waals surface area contributed by atoms with Gasteiger partial charge in [0.1, 0.15) is 16.5 Å². The number of hydrogen-bond donors (Lipinski definition) is 0. The zero-order valence-corrected chi connectivity index (χ0v) is 8.89. The van der Waals surface area contributed by atoms with E-state index in [0.717, 1.165) is 0 Å². The molecule has 0 unspecified atom stereocenters. The van der Waals surface area contributed by atoms with Gasteiger partial charge in [-0.3, -0.25) is 4.79 Å². The summed E-state index contributed by atoms with van der Waals surface area (Å²) in [6, 6.07) is 0. The van der Waals surface area contributed by atoms with E-state index in [4.69, 9.17) is 11.6 Å². The highest BCUT2D eigenvalue weighted by Crippen LogP contribution is 2.26. The van der Waals surface area contributed by atoms with Gasteiger partial charge in [0.2, 0.25) is 0 Å². The summed E-state index contributed by atoms with van der Waals surface area (Å²) in [6.45, 7) is 4.05. The molecule has 0 amide bonds. The highest BCUT2D eigenvalue weighted by Gasteiger charge is 2.10. The number of halogens is 1. The first-order valence-corrected chi connectivity index (χ1v) is 5.03. The van der Waals surface area contributed by atoms with Crippen LogP contribution in [0.15, 0.2) is 11.4 Å². The molecule has 0 spiro atoms. The summed E-state index contributed by atoms with van der Waals surface area (Å²) in [5.74, 6) is 0. The van der Waals surface area contributed by atoms with Crippen LogP contribution in [0.1, 0.15) is 24.2 Å². The molecule has 0 aromatic carbocycles. The van der Waals surface area contributed by atoms with Crippen LogP contribution in [0.3, 0.4) is 0 Å². The van der Waals surface area contributed by atoms with Crippen molar-refractivity contribution < 1.29 is 4.79 Å². The van der Waals surface area contributed by atoms with Gasteiger partial charge in [0, 0.05) is 5.25 Å². The lowest BCUT2D eigenvalue weighted by atomic mass is 10.4. The van der Waals surface area contributed by atoms with Gasteiger partial charge in [-0.2, -0.15) is 0 Å². The van der Waals surface area contributed by atoms with Crippen LogP contribution in [0.5, 0.6) is 0 Å². The molecule has 3 nitrogen and oxygen atoms in total. The molecule has 1 aromatic rings. The first-order valence-electron chi connectivity index (χ1n) is 3.77. The quantitative estimate of drug-likeness (QED) is 0.442. The van der Waals surface area contributed by atoms with Crippen molar-refractivity contribution >= 4 is 29.6 Å². The summed E-state index contributed by atoms with van der Waals surface area (Å²) in [7, 11) is 0. The van der Waals surface area contributed by atoms with E-state index in [1.54, 1.807) is 0 Å². The van der Waals surface area contributed by atoms with Gasteiger partial charge >= 0.3 is 0 Å². The predicted octanol–water partition coefficient (Wildman–Crippen LogP) is 2.44. The van der Waals surface area contributed by atoms with E-state index in [2.05, 4.69) is 9.97 Å². The van der Waals surface area contributed by atoms with Crippen molar-refractivity contribution in [1.82, 2.24) is 9.97 Å². The first kappa shape index (κ1) is 10.5. The summed E-state index contributed by atoms with van der Waals surface area (Å²) in [6.07, 6.45) is 2.05. The van der Waals surface area contributed by atoms with Crippen LogP contribution in [-0.4, -0.2) is 21.5 Å². The molecule has 0 aliphatic carbocycles. The molecule has 0 fully saturated rings. The minimum atomic E-state index is 0.216. The second-order valence-corrected chi connectivity index (χ2v) is 4.59. The van der Waals surface area contributed by atoms with Gasteiger partial charge in [-0.15, -0.1) is 11.8 Å². The highest BCUT2D eigenvalue weighted by molar-refractivity contribution is 7.99. The normalized spacial score (nSPS) is 10.5. The molecule has 5 heteroatoms. The van der Waals surface area contributed by atoms with E-state index < -0.39 is 0 Å². The standard InChI is InChI=1S/C8H9ClN2OS/c1-5(2)13-8-6(3-12)7(9)10-4-11-8/h3-5H,1-2H3. The molecule has 0 saturated carbocycles. The van der Waals surface area contributed by atoms with E-state index in [0.29, 0.717) is 22.1 Å². The average molecular weight is 217 g/mol. The Morgan fingerprint density at radius 2 is 2.23 bits per heavy atom. The lowest BCUT2D eigenvalue weighted by molar-refractivity contribution is 0.112. The van der Waals surface area contributed by atoms with E-state index in [1.807, 2.05) is 13.8 Å². The van der Waals surface area contributed by atoms with E-state index in [-0.39, 0.29) is 5.15 Å². The van der Waals surface area contributed by atoms with Gasteiger partial charge in [0.15, 0.2) is 6.29 Å². The zero-order chi connectivity index (χ0) is 9.84. The van der Waals surface area contributed by atoms with Crippen LogP contribution in [-0.2, 0) is 0 Å². The van der Waals surface area contributed by atoms with Gasteiger partial charge < -0.3 is 0 Å². The number of carbonyl (C=O) groups excluding carboxylic acids is 1. The number of aldehydes is 1. The zero-order valence-electron chi connectivity index (χ0n) is 7.32. The Hall–Kier alpha value is -0.610. The van der Waals surface area contributed by atoms with Gasteiger partial charge in [-0.25, -0.2) is 9.97 Å². The Kier molecular flexibility index (Phi) is 3.69. The molecule has 0 atom stereocenters. The molecule has 1 rings (SSSR count). The third-order valence-corrected chi connectivity index (χ3v) is 2.59. The molecule has 70 valence electrons. The Labute approximate surface area is 85.9 Å². The van der Waals surface area contributed by atoms with Gasteiger partial charge in [-0.1, -0.05) is 25.4 Å². The van der Waals surface area contributed by atoms with Gasteiger partial charge in [-0.05, 0) is 0 Å². The molecule has 0 saturated heterocycles. The number of nitrogens with zero attached hydrogens (tertiary/aromatic N) is 2. The molecule has 0 N–H and O–H groups in total. The van der Waals surface area contributed by atoms with E-state index in [9.17, 15) is 4.79 Å². The Morgan fingerprint density at radius 3 is 2.77 bits per heavy atom. The molecular formula is C8H9ClN2OS. The van der Waals surface area contributed by atoms with Crippen molar-refractivity contribution in [2.24, 2.45) is 0 Å². The van der Waals surface area contributed by atoms with Crippen LogP contribution < -0.4 is 0 Å². The lowest BCUT2D eigenvalue weighted by Gasteiger charge is -2.05. The van der Waals surface area contributed by atoms with E-state index in [1.165, 1.54) is 18.1 Å². The van der Waals surface area contributed by atoms with Crippen molar-refractivity contribution in [3.05, 3.63) is 17.0 Å². The highest BCUT2D eigenvalue weighted by atomic mass is 35.5. The second-order valence-electron chi connectivity index (χ2n) is 2.67. The number of rotatable bonds is 3. The fourth-order valence-corrected chi connectivity index (χ4v) is 1.84. The molecule has 1 heterocycles. The molecule has 0 bridgehead atoms. The average Bonchev–Trinajstić information content (AvgIpc) is 2.03. The van der Waals surface area contributed by atoms with Crippen LogP contribution >= 0.6 is 23.4 Å². The molecule has 0 radical (unpaired) electrons.